The second-order valence-electron chi connectivity index (χ2n) is 7.42. The molecule has 0 N–H and O–H groups in total. The Morgan fingerprint density at radius 2 is 1.61 bits per heavy atom. The minimum Gasteiger partial charge on any atom is -0.497 e. The molecule has 0 unspecified atom stereocenters. The maximum atomic E-state index is 13.5. The molecular formula is C24H19FN2O4. The molecule has 5 rings (SSSR count). The van der Waals surface area contributed by atoms with Crippen molar-refractivity contribution in [3.8, 4) is 5.75 Å². The topological polar surface area (TPSA) is 59.1 Å². The van der Waals surface area contributed by atoms with Crippen LogP contribution in [0.5, 0.6) is 5.75 Å². The molecule has 2 heterocycles. The average molecular weight is 418 g/mol. The zero-order valence-corrected chi connectivity index (χ0v) is 16.6. The van der Waals surface area contributed by atoms with Crippen LogP contribution < -0.4 is 14.7 Å². The van der Waals surface area contributed by atoms with Crippen LogP contribution in [-0.2, 0) is 14.4 Å². The Balaban J connectivity index is 1.59. The summed E-state index contributed by atoms with van der Waals surface area (Å²) in [5.74, 6) is -1.41. The van der Waals surface area contributed by atoms with Crippen LogP contribution in [0.1, 0.15) is 11.6 Å². The number of para-hydroxylation sites is 1. The van der Waals surface area contributed by atoms with Gasteiger partial charge in [0.1, 0.15) is 17.5 Å². The van der Waals surface area contributed by atoms with Crippen molar-refractivity contribution in [2.75, 3.05) is 17.1 Å². The van der Waals surface area contributed by atoms with Gasteiger partial charge in [-0.05, 0) is 54.1 Å². The highest BCUT2D eigenvalue weighted by molar-refractivity contribution is 6.23. The Morgan fingerprint density at radius 3 is 2.32 bits per heavy atom. The highest BCUT2D eigenvalue weighted by Crippen LogP contribution is 2.47. The highest BCUT2D eigenvalue weighted by Gasteiger charge is 2.60. The predicted octanol–water partition coefficient (Wildman–Crippen LogP) is 3.89. The largest absolute Gasteiger partial charge is 0.497 e. The van der Waals surface area contributed by atoms with Crippen molar-refractivity contribution >= 4 is 23.2 Å². The number of anilines is 2. The molecule has 0 spiro atoms. The van der Waals surface area contributed by atoms with Crippen LogP contribution in [0.15, 0.2) is 78.9 Å². The molecule has 2 fully saturated rings. The van der Waals surface area contributed by atoms with Crippen molar-refractivity contribution < 1.29 is 23.6 Å². The number of amides is 2. The van der Waals surface area contributed by atoms with Gasteiger partial charge in [0, 0.05) is 0 Å². The summed E-state index contributed by atoms with van der Waals surface area (Å²) in [7, 11) is 1.57. The van der Waals surface area contributed by atoms with Crippen molar-refractivity contribution in [3.05, 3.63) is 90.2 Å². The van der Waals surface area contributed by atoms with E-state index in [1.165, 1.54) is 24.3 Å². The van der Waals surface area contributed by atoms with Crippen molar-refractivity contribution in [2.45, 2.75) is 12.1 Å². The molecule has 6 nitrogen and oxygen atoms in total. The lowest BCUT2D eigenvalue weighted by atomic mass is 9.90. The standard InChI is InChI=1S/C24H19FN2O4/c1-30-19-9-5-6-15(14-19)21-20-22(31-27(21)18-7-3-2-4-8-18)24(29)26(23(20)28)17-12-10-16(25)11-13-17/h2-14,20-22H,1H3/t20-,21+,22-/m0/s1. The Kier molecular flexibility index (Phi) is 4.67. The number of imide groups is 1. The molecule has 0 radical (unpaired) electrons. The van der Waals surface area contributed by atoms with E-state index >= 15 is 0 Å². The lowest BCUT2D eigenvalue weighted by Gasteiger charge is -2.29. The lowest BCUT2D eigenvalue weighted by molar-refractivity contribution is -0.126. The number of halogens is 1. The third-order valence-electron chi connectivity index (χ3n) is 5.65. The number of carbonyl (C=O) groups is 2. The van der Waals surface area contributed by atoms with E-state index in [0.29, 0.717) is 11.4 Å². The molecule has 7 heteroatoms. The normalized spacial score (nSPS) is 22.7. The number of hydrogen-bond donors (Lipinski definition) is 0. The van der Waals surface area contributed by atoms with Crippen LogP contribution in [0.4, 0.5) is 15.8 Å². The van der Waals surface area contributed by atoms with Gasteiger partial charge in [-0.25, -0.2) is 14.4 Å². The van der Waals surface area contributed by atoms with E-state index in [1.807, 2.05) is 54.6 Å². The summed E-state index contributed by atoms with van der Waals surface area (Å²) in [5, 5.41) is 1.63. The number of carbonyl (C=O) groups excluding carboxylic acids is 2. The number of fused-ring (bicyclic) bond motifs is 1. The van der Waals surface area contributed by atoms with Crippen LogP contribution in [0.3, 0.4) is 0 Å². The Bertz CT molecular complexity index is 1140. The van der Waals surface area contributed by atoms with E-state index in [9.17, 15) is 14.0 Å². The number of nitrogens with zero attached hydrogens (tertiary/aromatic N) is 2. The zero-order chi connectivity index (χ0) is 21.5. The van der Waals surface area contributed by atoms with E-state index < -0.39 is 29.8 Å². The van der Waals surface area contributed by atoms with Gasteiger partial charge in [-0.1, -0.05) is 30.3 Å². The average Bonchev–Trinajstić information content (AvgIpc) is 3.31. The number of ether oxygens (including phenoxy) is 1. The summed E-state index contributed by atoms with van der Waals surface area (Å²) in [4.78, 5) is 33.8. The number of hydroxylamine groups is 1. The molecular weight excluding hydrogens is 399 g/mol. The van der Waals surface area contributed by atoms with Crippen molar-refractivity contribution in [2.24, 2.45) is 5.92 Å². The minimum atomic E-state index is -0.978. The quantitative estimate of drug-likeness (QED) is 0.602. The fourth-order valence-corrected chi connectivity index (χ4v) is 4.22. The maximum Gasteiger partial charge on any atom is 0.266 e. The minimum absolute atomic E-state index is 0.324. The lowest BCUT2D eigenvalue weighted by Crippen LogP contribution is -2.37. The van der Waals surface area contributed by atoms with Gasteiger partial charge in [0.05, 0.1) is 24.5 Å². The molecule has 2 aliphatic rings. The van der Waals surface area contributed by atoms with Gasteiger partial charge >= 0.3 is 0 Å². The molecule has 3 atom stereocenters. The molecule has 2 aliphatic heterocycles. The number of benzene rings is 3. The Morgan fingerprint density at radius 1 is 0.871 bits per heavy atom. The van der Waals surface area contributed by atoms with Crippen LogP contribution in [-0.4, -0.2) is 25.0 Å². The molecule has 156 valence electrons. The van der Waals surface area contributed by atoms with Crippen molar-refractivity contribution in [3.63, 3.8) is 0 Å². The van der Waals surface area contributed by atoms with Crippen LogP contribution in [0.25, 0.3) is 0 Å². The second-order valence-corrected chi connectivity index (χ2v) is 7.42. The van der Waals surface area contributed by atoms with E-state index in [1.54, 1.807) is 12.2 Å². The first-order chi connectivity index (χ1) is 15.1. The molecule has 31 heavy (non-hydrogen) atoms. The molecule has 3 aromatic rings. The molecule has 0 saturated carbocycles. The Hall–Kier alpha value is -3.71. The summed E-state index contributed by atoms with van der Waals surface area (Å²) in [6.45, 7) is 0. The van der Waals surface area contributed by atoms with Crippen LogP contribution in [0.2, 0.25) is 0 Å². The smallest absolute Gasteiger partial charge is 0.266 e. The van der Waals surface area contributed by atoms with Gasteiger partial charge in [-0.2, -0.15) is 0 Å². The number of hydrogen-bond acceptors (Lipinski definition) is 5. The summed E-state index contributed by atoms with van der Waals surface area (Å²) >= 11 is 0. The van der Waals surface area contributed by atoms with Gasteiger partial charge in [0.2, 0.25) is 5.91 Å². The second kappa shape index (κ2) is 7.52. The van der Waals surface area contributed by atoms with E-state index in [-0.39, 0.29) is 5.91 Å². The molecule has 0 aromatic heterocycles. The summed E-state index contributed by atoms with van der Waals surface area (Å²) in [6, 6.07) is 21.5. The summed E-state index contributed by atoms with van der Waals surface area (Å²) < 4.78 is 18.7. The van der Waals surface area contributed by atoms with Gasteiger partial charge < -0.3 is 4.74 Å². The fraction of sp³-hybridized carbons (Fsp3) is 0.167. The first-order valence-electron chi connectivity index (χ1n) is 9.87. The van der Waals surface area contributed by atoms with Crippen molar-refractivity contribution in [1.82, 2.24) is 0 Å². The summed E-state index contributed by atoms with van der Waals surface area (Å²) in [6.07, 6.45) is -0.978. The molecule has 3 aromatic carbocycles. The highest BCUT2D eigenvalue weighted by atomic mass is 19.1. The SMILES string of the molecule is COc1cccc([C@@H]2[C@@H]3C(=O)N(c4ccc(F)cc4)C(=O)[C@H]3ON2c2ccccc2)c1. The third kappa shape index (κ3) is 3.14. The van der Waals surface area contributed by atoms with Gasteiger partial charge in [0.25, 0.3) is 5.91 Å². The molecule has 2 amide bonds. The van der Waals surface area contributed by atoms with E-state index in [0.717, 1.165) is 16.2 Å². The third-order valence-corrected chi connectivity index (χ3v) is 5.65. The number of methoxy groups -OCH3 is 1. The van der Waals surface area contributed by atoms with Crippen molar-refractivity contribution in [1.29, 1.82) is 0 Å². The summed E-state index contributed by atoms with van der Waals surface area (Å²) in [5.41, 5.74) is 1.85. The van der Waals surface area contributed by atoms with Crippen LogP contribution >= 0.6 is 0 Å². The van der Waals surface area contributed by atoms with E-state index in [2.05, 4.69) is 0 Å². The maximum absolute atomic E-state index is 13.5. The van der Waals surface area contributed by atoms with Crippen LogP contribution in [0, 0.1) is 11.7 Å². The van der Waals surface area contributed by atoms with Gasteiger partial charge in [-0.15, -0.1) is 0 Å². The molecule has 2 saturated heterocycles. The Labute approximate surface area is 178 Å². The fourth-order valence-electron chi connectivity index (χ4n) is 4.22. The molecule has 0 bridgehead atoms. The predicted molar refractivity (Wildman–Crippen MR) is 112 cm³/mol. The van der Waals surface area contributed by atoms with Gasteiger partial charge in [-0.3, -0.25) is 14.4 Å². The first-order valence-corrected chi connectivity index (χ1v) is 9.87. The first kappa shape index (κ1) is 19.3. The molecule has 0 aliphatic carbocycles. The van der Waals surface area contributed by atoms with Gasteiger partial charge in [0.15, 0.2) is 6.10 Å². The zero-order valence-electron chi connectivity index (χ0n) is 16.6. The number of rotatable bonds is 4. The monoisotopic (exact) mass is 418 g/mol. The van der Waals surface area contributed by atoms with E-state index in [4.69, 9.17) is 9.57 Å².